The fourth-order valence-electron chi connectivity index (χ4n) is 2.75. The molecule has 1 aromatic carbocycles. The molecule has 2 unspecified atom stereocenters. The van der Waals surface area contributed by atoms with Crippen LogP contribution in [0.4, 0.5) is 0 Å². The van der Waals surface area contributed by atoms with E-state index in [1.165, 1.54) is 0 Å². The highest BCUT2D eigenvalue weighted by molar-refractivity contribution is 6.34. The molecule has 1 saturated heterocycles. The molecule has 3 rings (SSSR count). The summed E-state index contributed by atoms with van der Waals surface area (Å²) < 4.78 is 0. The Bertz CT molecular complexity index is 483. The van der Waals surface area contributed by atoms with Gasteiger partial charge in [-0.25, -0.2) is 0 Å². The summed E-state index contributed by atoms with van der Waals surface area (Å²) in [6.07, 6.45) is 0.916. The van der Waals surface area contributed by atoms with Crippen LogP contribution in [-0.2, 0) is 4.79 Å². The Morgan fingerprint density at radius 1 is 1.15 bits per heavy atom. The second-order valence-corrected chi connectivity index (χ2v) is 6.10. The Labute approximate surface area is 135 Å². The normalized spacial score (nSPS) is 25.0. The molecule has 0 aromatic heterocycles. The predicted molar refractivity (Wildman–Crippen MR) is 84.0 cm³/mol. The Morgan fingerprint density at radius 2 is 1.75 bits per heavy atom. The summed E-state index contributed by atoms with van der Waals surface area (Å²) in [4.78, 5) is 14.3. The molecular formula is C14H17Cl3N2O. The van der Waals surface area contributed by atoms with Crippen LogP contribution in [0.1, 0.15) is 17.9 Å². The lowest BCUT2D eigenvalue weighted by atomic mass is 10.1. The first kappa shape index (κ1) is 15.9. The van der Waals surface area contributed by atoms with Crippen LogP contribution in [0.15, 0.2) is 18.2 Å². The predicted octanol–water partition coefficient (Wildman–Crippen LogP) is 2.95. The fourth-order valence-corrected chi connectivity index (χ4v) is 3.29. The van der Waals surface area contributed by atoms with E-state index in [4.69, 9.17) is 23.2 Å². The van der Waals surface area contributed by atoms with Gasteiger partial charge in [0.2, 0.25) is 5.91 Å². The van der Waals surface area contributed by atoms with Crippen molar-refractivity contribution in [2.45, 2.75) is 12.3 Å². The summed E-state index contributed by atoms with van der Waals surface area (Å²) in [5.74, 6) is 0.689. The van der Waals surface area contributed by atoms with Gasteiger partial charge < -0.3 is 10.2 Å². The maximum absolute atomic E-state index is 12.3. The standard InChI is InChI=1S/C14H16Cl2N2O.ClH/c15-10-5-9(6-11(16)7-10)12-8-13(12)14(19)18-3-1-17-2-4-18;/h5-7,12-13,17H,1-4,8H2;1H. The number of carbonyl (C=O) groups is 1. The molecule has 1 aliphatic carbocycles. The summed E-state index contributed by atoms with van der Waals surface area (Å²) in [5.41, 5.74) is 1.09. The van der Waals surface area contributed by atoms with Crippen LogP contribution in [0.25, 0.3) is 0 Å². The summed E-state index contributed by atoms with van der Waals surface area (Å²) in [6, 6.07) is 5.56. The first-order valence-electron chi connectivity index (χ1n) is 6.60. The van der Waals surface area contributed by atoms with Gasteiger partial charge in [0, 0.05) is 42.1 Å². The van der Waals surface area contributed by atoms with Gasteiger partial charge in [-0.2, -0.15) is 0 Å². The van der Waals surface area contributed by atoms with Gasteiger partial charge in [0.05, 0.1) is 0 Å². The summed E-state index contributed by atoms with van der Waals surface area (Å²) in [5, 5.41) is 4.54. The number of carbonyl (C=O) groups excluding carboxylic acids is 1. The van der Waals surface area contributed by atoms with Crippen molar-refractivity contribution >= 4 is 41.5 Å². The monoisotopic (exact) mass is 334 g/mol. The third-order valence-electron chi connectivity index (χ3n) is 3.85. The zero-order chi connectivity index (χ0) is 13.4. The largest absolute Gasteiger partial charge is 0.340 e. The maximum Gasteiger partial charge on any atom is 0.226 e. The number of nitrogens with one attached hydrogen (secondary N) is 1. The number of nitrogens with zero attached hydrogens (tertiary/aromatic N) is 1. The van der Waals surface area contributed by atoms with Crippen molar-refractivity contribution in [3.8, 4) is 0 Å². The van der Waals surface area contributed by atoms with E-state index in [2.05, 4.69) is 5.32 Å². The van der Waals surface area contributed by atoms with Crippen molar-refractivity contribution in [1.82, 2.24) is 10.2 Å². The van der Waals surface area contributed by atoms with Gasteiger partial charge in [0.15, 0.2) is 0 Å². The molecule has 0 bridgehead atoms. The number of hydrogen-bond acceptors (Lipinski definition) is 2. The minimum Gasteiger partial charge on any atom is -0.340 e. The van der Waals surface area contributed by atoms with Crippen LogP contribution in [0, 0.1) is 5.92 Å². The molecule has 1 amide bonds. The van der Waals surface area contributed by atoms with Gasteiger partial charge in [-0.15, -0.1) is 12.4 Å². The quantitative estimate of drug-likeness (QED) is 0.901. The van der Waals surface area contributed by atoms with E-state index in [0.717, 1.165) is 38.2 Å². The average Bonchev–Trinajstić information content (AvgIpc) is 3.18. The van der Waals surface area contributed by atoms with Crippen LogP contribution in [0.2, 0.25) is 10.0 Å². The average molecular weight is 336 g/mol. The van der Waals surface area contributed by atoms with Gasteiger partial charge >= 0.3 is 0 Å². The van der Waals surface area contributed by atoms with E-state index in [-0.39, 0.29) is 24.2 Å². The molecule has 0 radical (unpaired) electrons. The Hall–Kier alpha value is -0.480. The summed E-state index contributed by atoms with van der Waals surface area (Å²) >= 11 is 12.0. The van der Waals surface area contributed by atoms with Crippen molar-refractivity contribution in [2.24, 2.45) is 5.92 Å². The van der Waals surface area contributed by atoms with Crippen molar-refractivity contribution in [2.75, 3.05) is 26.2 Å². The zero-order valence-corrected chi connectivity index (χ0v) is 13.3. The van der Waals surface area contributed by atoms with Crippen molar-refractivity contribution in [1.29, 1.82) is 0 Å². The van der Waals surface area contributed by atoms with Crippen LogP contribution < -0.4 is 5.32 Å². The molecule has 3 nitrogen and oxygen atoms in total. The van der Waals surface area contributed by atoms with Gasteiger partial charge in [-0.1, -0.05) is 23.2 Å². The van der Waals surface area contributed by atoms with Crippen LogP contribution in [0.5, 0.6) is 0 Å². The highest BCUT2D eigenvalue weighted by Crippen LogP contribution is 2.49. The third-order valence-corrected chi connectivity index (χ3v) is 4.29. The molecule has 1 aliphatic heterocycles. The first-order chi connectivity index (χ1) is 9.15. The van der Waals surface area contributed by atoms with Crippen molar-refractivity contribution in [3.63, 3.8) is 0 Å². The van der Waals surface area contributed by atoms with Crippen LogP contribution in [0.3, 0.4) is 0 Å². The smallest absolute Gasteiger partial charge is 0.226 e. The van der Waals surface area contributed by atoms with Gasteiger partial charge in [0.25, 0.3) is 0 Å². The highest BCUT2D eigenvalue weighted by Gasteiger charge is 2.45. The van der Waals surface area contributed by atoms with E-state index in [1.807, 2.05) is 17.0 Å². The molecular weight excluding hydrogens is 319 g/mol. The molecule has 2 atom stereocenters. The highest BCUT2D eigenvalue weighted by atomic mass is 35.5. The van der Waals surface area contributed by atoms with E-state index in [1.54, 1.807) is 6.07 Å². The van der Waals surface area contributed by atoms with Gasteiger partial charge in [-0.05, 0) is 36.1 Å². The number of hydrogen-bond donors (Lipinski definition) is 1. The topological polar surface area (TPSA) is 32.3 Å². The lowest BCUT2D eigenvalue weighted by Crippen LogP contribution is -2.47. The third kappa shape index (κ3) is 3.40. The minimum atomic E-state index is 0. The SMILES string of the molecule is Cl.O=C(C1CC1c1cc(Cl)cc(Cl)c1)N1CCNCC1. The lowest BCUT2D eigenvalue weighted by Gasteiger charge is -2.27. The first-order valence-corrected chi connectivity index (χ1v) is 7.36. The molecule has 110 valence electrons. The summed E-state index contributed by atoms with van der Waals surface area (Å²) in [6.45, 7) is 3.43. The maximum atomic E-state index is 12.3. The van der Waals surface area contributed by atoms with Gasteiger partial charge in [-0.3, -0.25) is 4.79 Å². The number of halogens is 3. The molecule has 2 fully saturated rings. The summed E-state index contributed by atoms with van der Waals surface area (Å²) in [7, 11) is 0. The molecule has 6 heteroatoms. The van der Waals surface area contributed by atoms with Crippen LogP contribution in [-0.4, -0.2) is 37.0 Å². The molecule has 20 heavy (non-hydrogen) atoms. The molecule has 2 aliphatic rings. The zero-order valence-electron chi connectivity index (χ0n) is 10.9. The second kappa shape index (κ2) is 6.52. The molecule has 1 N–H and O–H groups in total. The molecule has 1 heterocycles. The Kier molecular flexibility index (Phi) is 5.19. The van der Waals surface area contributed by atoms with E-state index < -0.39 is 0 Å². The van der Waals surface area contributed by atoms with Gasteiger partial charge in [0.1, 0.15) is 0 Å². The minimum absolute atomic E-state index is 0. The second-order valence-electron chi connectivity index (χ2n) is 5.23. The number of rotatable bonds is 2. The number of amides is 1. The van der Waals surface area contributed by atoms with Crippen molar-refractivity contribution < 1.29 is 4.79 Å². The Morgan fingerprint density at radius 3 is 2.35 bits per heavy atom. The number of piperazine rings is 1. The van der Waals surface area contributed by atoms with Crippen molar-refractivity contribution in [3.05, 3.63) is 33.8 Å². The van der Waals surface area contributed by atoms with E-state index in [9.17, 15) is 4.79 Å². The van der Waals surface area contributed by atoms with E-state index >= 15 is 0 Å². The lowest BCUT2D eigenvalue weighted by molar-refractivity contribution is -0.133. The van der Waals surface area contributed by atoms with E-state index in [0.29, 0.717) is 16.0 Å². The van der Waals surface area contributed by atoms with Crippen LogP contribution >= 0.6 is 35.6 Å². The number of benzene rings is 1. The molecule has 0 spiro atoms. The molecule has 1 saturated carbocycles. The molecule has 1 aromatic rings. The fraction of sp³-hybridized carbons (Fsp3) is 0.500. The Balaban J connectivity index is 0.00000147.